The normalized spacial score (nSPS) is 15.8. The molecule has 0 saturated carbocycles. The predicted octanol–water partition coefficient (Wildman–Crippen LogP) is 2.77. The number of fused-ring (bicyclic) bond motifs is 1. The Morgan fingerprint density at radius 2 is 2.17 bits per heavy atom. The molecule has 0 saturated heterocycles. The Kier molecular flexibility index (Phi) is 3.35. The summed E-state index contributed by atoms with van der Waals surface area (Å²) in [7, 11) is 2.12. The van der Waals surface area contributed by atoms with Crippen molar-refractivity contribution in [3.63, 3.8) is 0 Å². The van der Waals surface area contributed by atoms with Crippen LogP contribution in [0.1, 0.15) is 22.3 Å². The minimum absolute atomic E-state index is 0.0604. The number of nitrogens with zero attached hydrogens (tertiary/aromatic N) is 3. The molecule has 0 bridgehead atoms. The van der Waals surface area contributed by atoms with Crippen molar-refractivity contribution >= 4 is 22.4 Å². The van der Waals surface area contributed by atoms with Crippen molar-refractivity contribution in [3.8, 4) is 0 Å². The number of rotatable bonds is 2. The van der Waals surface area contributed by atoms with E-state index in [9.17, 15) is 4.79 Å². The molecule has 0 spiro atoms. The van der Waals surface area contributed by atoms with Gasteiger partial charge in [0.1, 0.15) is 0 Å². The van der Waals surface area contributed by atoms with Crippen molar-refractivity contribution in [1.29, 1.82) is 0 Å². The number of carbonyl (C=O) groups excluding carboxylic acids is 1. The van der Waals surface area contributed by atoms with Gasteiger partial charge in [0.15, 0.2) is 0 Å². The number of nitrogens with one attached hydrogen (secondary N) is 1. The van der Waals surface area contributed by atoms with Crippen molar-refractivity contribution in [3.05, 3.63) is 60.1 Å². The van der Waals surface area contributed by atoms with Gasteiger partial charge < -0.3 is 4.90 Å². The molecule has 5 heteroatoms. The molecule has 0 amide bonds. The second kappa shape index (κ2) is 5.52. The van der Waals surface area contributed by atoms with Crippen LogP contribution in [0.4, 0.5) is 0 Å². The van der Waals surface area contributed by atoms with E-state index in [0.717, 1.165) is 36.0 Å². The molecule has 1 N–H and O–H groups in total. The molecule has 116 valence electrons. The molecule has 5 nitrogen and oxygen atoms in total. The van der Waals surface area contributed by atoms with Crippen LogP contribution >= 0.6 is 0 Å². The van der Waals surface area contributed by atoms with E-state index >= 15 is 0 Å². The van der Waals surface area contributed by atoms with Gasteiger partial charge in [0, 0.05) is 36.4 Å². The number of para-hydroxylation sites is 1. The number of aromatic nitrogens is 3. The first-order chi connectivity index (χ1) is 11.2. The largest absolute Gasteiger partial charge is 0.302 e. The molecule has 0 atom stereocenters. The third-order valence-electron chi connectivity index (χ3n) is 4.43. The van der Waals surface area contributed by atoms with Crippen LogP contribution in [-0.2, 0) is 0 Å². The van der Waals surface area contributed by atoms with E-state index in [0.29, 0.717) is 5.56 Å². The minimum atomic E-state index is -0.0604. The van der Waals surface area contributed by atoms with Crippen molar-refractivity contribution in [1.82, 2.24) is 19.7 Å². The van der Waals surface area contributed by atoms with Gasteiger partial charge in [0.25, 0.3) is 5.91 Å². The Labute approximate surface area is 134 Å². The minimum Gasteiger partial charge on any atom is -0.302 e. The number of aromatic amines is 1. The van der Waals surface area contributed by atoms with Gasteiger partial charge in [-0.2, -0.15) is 5.10 Å². The fourth-order valence-electron chi connectivity index (χ4n) is 3.13. The number of hydrogen-bond donors (Lipinski definition) is 1. The van der Waals surface area contributed by atoms with Crippen LogP contribution in [0.2, 0.25) is 0 Å². The molecule has 4 rings (SSSR count). The molecular weight excluding hydrogens is 288 g/mol. The maximum atomic E-state index is 12.7. The topological polar surface area (TPSA) is 53.9 Å². The van der Waals surface area contributed by atoms with Crippen LogP contribution in [0.5, 0.6) is 0 Å². The van der Waals surface area contributed by atoms with Gasteiger partial charge in [0.2, 0.25) is 0 Å². The Morgan fingerprint density at radius 3 is 2.91 bits per heavy atom. The lowest BCUT2D eigenvalue weighted by atomic mass is 9.99. The number of hydrogen-bond acceptors (Lipinski definition) is 3. The van der Waals surface area contributed by atoms with E-state index in [1.165, 1.54) is 5.57 Å². The second-order valence-corrected chi connectivity index (χ2v) is 5.96. The number of likely N-dealkylation sites (N-methyl/N-ethyl adjacent to an activating group) is 1. The van der Waals surface area contributed by atoms with E-state index in [-0.39, 0.29) is 5.91 Å². The lowest BCUT2D eigenvalue weighted by molar-refractivity contribution is 0.0965. The van der Waals surface area contributed by atoms with E-state index < -0.39 is 0 Å². The van der Waals surface area contributed by atoms with Crippen molar-refractivity contribution < 1.29 is 4.79 Å². The summed E-state index contributed by atoms with van der Waals surface area (Å²) >= 11 is 0. The molecule has 1 aromatic carbocycles. The SMILES string of the molecule is CN1CC=C(c2cn(C(=O)c3cn[nH]c3)c3ccccc23)CC1. The molecular formula is C18H18N4O. The fourth-order valence-corrected chi connectivity index (χ4v) is 3.13. The quantitative estimate of drug-likeness (QED) is 0.792. The van der Waals surface area contributed by atoms with Gasteiger partial charge in [-0.25, -0.2) is 0 Å². The van der Waals surface area contributed by atoms with Crippen LogP contribution < -0.4 is 0 Å². The van der Waals surface area contributed by atoms with Crippen molar-refractivity contribution in [2.45, 2.75) is 6.42 Å². The Bertz CT molecular complexity index is 889. The highest BCUT2D eigenvalue weighted by Crippen LogP contribution is 2.31. The highest BCUT2D eigenvalue weighted by Gasteiger charge is 2.19. The molecule has 23 heavy (non-hydrogen) atoms. The highest BCUT2D eigenvalue weighted by atomic mass is 16.2. The first-order valence-corrected chi connectivity index (χ1v) is 7.75. The van der Waals surface area contributed by atoms with E-state index in [2.05, 4.69) is 34.3 Å². The third-order valence-corrected chi connectivity index (χ3v) is 4.43. The predicted molar refractivity (Wildman–Crippen MR) is 90.3 cm³/mol. The van der Waals surface area contributed by atoms with Gasteiger partial charge in [-0.15, -0.1) is 0 Å². The summed E-state index contributed by atoms with van der Waals surface area (Å²) in [6.07, 6.45) is 8.43. The maximum Gasteiger partial charge on any atom is 0.265 e. The van der Waals surface area contributed by atoms with Crippen molar-refractivity contribution in [2.24, 2.45) is 0 Å². The molecule has 0 fully saturated rings. The standard InChI is InChI=1S/C18H18N4O/c1-21-8-6-13(7-9-21)16-12-22(17-5-3-2-4-15(16)17)18(23)14-10-19-20-11-14/h2-6,10-12H,7-9H2,1H3,(H,19,20). The summed E-state index contributed by atoms with van der Waals surface area (Å²) in [6, 6.07) is 8.07. The van der Waals surface area contributed by atoms with Gasteiger partial charge in [-0.05, 0) is 25.1 Å². The molecule has 3 aromatic rings. The number of benzene rings is 1. The van der Waals surface area contributed by atoms with Crippen LogP contribution in [0.3, 0.4) is 0 Å². The molecule has 3 heterocycles. The van der Waals surface area contributed by atoms with Gasteiger partial charge in [-0.3, -0.25) is 14.5 Å². The van der Waals surface area contributed by atoms with Crippen molar-refractivity contribution in [2.75, 3.05) is 20.1 Å². The second-order valence-electron chi connectivity index (χ2n) is 5.96. The Hall–Kier alpha value is -2.66. The van der Waals surface area contributed by atoms with E-state index in [1.54, 1.807) is 17.0 Å². The summed E-state index contributed by atoms with van der Waals surface area (Å²) in [5.41, 5.74) is 3.98. The number of carbonyl (C=O) groups is 1. The summed E-state index contributed by atoms with van der Waals surface area (Å²) in [5, 5.41) is 7.71. The Morgan fingerprint density at radius 1 is 1.30 bits per heavy atom. The maximum absolute atomic E-state index is 12.7. The van der Waals surface area contributed by atoms with E-state index in [4.69, 9.17) is 0 Å². The summed E-state index contributed by atoms with van der Waals surface area (Å²) in [4.78, 5) is 15.0. The molecule has 0 unspecified atom stereocenters. The lowest BCUT2D eigenvalue weighted by Gasteiger charge is -2.21. The molecule has 0 aliphatic carbocycles. The van der Waals surface area contributed by atoms with E-state index in [1.807, 2.05) is 24.4 Å². The molecule has 1 aliphatic heterocycles. The van der Waals surface area contributed by atoms with Gasteiger partial charge >= 0.3 is 0 Å². The summed E-state index contributed by atoms with van der Waals surface area (Å²) in [5.74, 6) is -0.0604. The summed E-state index contributed by atoms with van der Waals surface area (Å²) < 4.78 is 1.73. The third kappa shape index (κ3) is 2.39. The summed E-state index contributed by atoms with van der Waals surface area (Å²) in [6.45, 7) is 1.99. The zero-order valence-electron chi connectivity index (χ0n) is 13.0. The monoisotopic (exact) mass is 306 g/mol. The molecule has 2 aromatic heterocycles. The lowest BCUT2D eigenvalue weighted by Crippen LogP contribution is -2.23. The average molecular weight is 306 g/mol. The van der Waals surface area contributed by atoms with Crippen LogP contribution in [0, 0.1) is 0 Å². The fraction of sp³-hybridized carbons (Fsp3) is 0.222. The van der Waals surface area contributed by atoms with Gasteiger partial charge in [0.05, 0.1) is 17.3 Å². The highest BCUT2D eigenvalue weighted by molar-refractivity contribution is 6.05. The van der Waals surface area contributed by atoms with Crippen LogP contribution in [0.25, 0.3) is 16.5 Å². The zero-order chi connectivity index (χ0) is 15.8. The smallest absolute Gasteiger partial charge is 0.265 e. The number of H-pyrrole nitrogens is 1. The Balaban J connectivity index is 1.85. The van der Waals surface area contributed by atoms with Crippen LogP contribution in [-0.4, -0.2) is 45.7 Å². The first-order valence-electron chi connectivity index (χ1n) is 7.75. The first kappa shape index (κ1) is 14.0. The molecule has 0 radical (unpaired) electrons. The van der Waals surface area contributed by atoms with Crippen LogP contribution in [0.15, 0.2) is 48.9 Å². The van der Waals surface area contributed by atoms with Gasteiger partial charge in [-0.1, -0.05) is 24.3 Å². The average Bonchev–Trinajstić information content (AvgIpc) is 3.23. The molecule has 1 aliphatic rings. The zero-order valence-corrected chi connectivity index (χ0v) is 13.0.